The second kappa shape index (κ2) is 3.05. The Hall–Kier alpha value is -0.0151. The van der Waals surface area contributed by atoms with Crippen molar-refractivity contribution in [3.05, 3.63) is 0 Å². The predicted octanol–water partition coefficient (Wildman–Crippen LogP) is 3.41. The second-order valence-electron chi connectivity index (χ2n) is 6.95. The van der Waals surface area contributed by atoms with Gasteiger partial charge in [0.15, 0.2) is 0 Å². The van der Waals surface area contributed by atoms with Crippen molar-refractivity contribution in [2.45, 2.75) is 76.3 Å². The van der Waals surface area contributed by atoms with E-state index in [0.29, 0.717) is 5.31 Å². The zero-order valence-electron chi connectivity index (χ0n) is 11.0. The summed E-state index contributed by atoms with van der Waals surface area (Å²) >= 11 is 0. The zero-order valence-corrected chi connectivity index (χ0v) is 11.0. The van der Waals surface area contributed by atoms with Crippen molar-refractivity contribution in [1.29, 1.82) is 0 Å². The van der Waals surface area contributed by atoms with Gasteiger partial charge in [-0.05, 0) is 46.5 Å². The van der Waals surface area contributed by atoms with Crippen molar-refractivity contribution >= 4 is 7.12 Å². The van der Waals surface area contributed by atoms with Crippen LogP contribution < -0.4 is 0 Å². The Labute approximate surface area is 99.2 Å². The number of rotatable bonds is 2. The summed E-state index contributed by atoms with van der Waals surface area (Å²) in [6, 6.07) is 0. The van der Waals surface area contributed by atoms with Gasteiger partial charge >= 0.3 is 7.12 Å². The Morgan fingerprint density at radius 1 is 0.938 bits per heavy atom. The lowest BCUT2D eigenvalue weighted by Crippen LogP contribution is -2.42. The van der Waals surface area contributed by atoms with E-state index in [9.17, 15) is 0 Å². The summed E-state index contributed by atoms with van der Waals surface area (Å²) in [5.41, 5.74) is -0.315. The zero-order chi connectivity index (χ0) is 11.6. The first-order valence-corrected chi connectivity index (χ1v) is 6.73. The average Bonchev–Trinajstić information content (AvgIpc) is 2.80. The predicted molar refractivity (Wildman–Crippen MR) is 65.4 cm³/mol. The molecule has 1 aliphatic heterocycles. The summed E-state index contributed by atoms with van der Waals surface area (Å²) in [6.07, 6.45) is 6.78. The summed E-state index contributed by atoms with van der Waals surface area (Å²) in [7, 11) is 0.0544. The maximum atomic E-state index is 6.25. The molecule has 1 heterocycles. The first kappa shape index (κ1) is 11.1. The summed E-state index contributed by atoms with van der Waals surface area (Å²) < 4.78 is 12.5. The van der Waals surface area contributed by atoms with Gasteiger partial charge in [0.25, 0.3) is 0 Å². The van der Waals surface area contributed by atoms with Gasteiger partial charge in [0.1, 0.15) is 0 Å². The Morgan fingerprint density at radius 3 is 1.75 bits per heavy atom. The largest absolute Gasteiger partial charge is 0.464 e. The molecule has 3 aliphatic rings. The molecule has 0 atom stereocenters. The highest BCUT2D eigenvalue weighted by molar-refractivity contribution is 6.50. The van der Waals surface area contributed by atoms with Gasteiger partial charge in [0, 0.05) is 5.31 Å². The van der Waals surface area contributed by atoms with Crippen molar-refractivity contribution in [1.82, 2.24) is 0 Å². The fourth-order valence-corrected chi connectivity index (χ4v) is 3.16. The first-order chi connectivity index (χ1) is 7.37. The van der Waals surface area contributed by atoms with E-state index in [1.54, 1.807) is 0 Å². The molecule has 0 aromatic rings. The van der Waals surface area contributed by atoms with Crippen LogP contribution in [0, 0.1) is 5.92 Å². The molecule has 2 saturated carbocycles. The lowest BCUT2D eigenvalue weighted by Gasteiger charge is -2.43. The summed E-state index contributed by atoms with van der Waals surface area (Å²) in [5, 5.41) is 0.380. The highest BCUT2D eigenvalue weighted by Crippen LogP contribution is 2.66. The van der Waals surface area contributed by atoms with Crippen LogP contribution in [0.5, 0.6) is 0 Å². The van der Waals surface area contributed by atoms with Crippen molar-refractivity contribution in [2.24, 2.45) is 5.92 Å². The van der Waals surface area contributed by atoms with Crippen molar-refractivity contribution in [3.63, 3.8) is 0 Å². The summed E-state index contributed by atoms with van der Waals surface area (Å²) in [4.78, 5) is 0. The Bertz CT molecular complexity index is 287. The normalized spacial score (nSPS) is 34.9. The molecule has 3 heteroatoms. The summed E-state index contributed by atoms with van der Waals surface area (Å²) in [6.45, 7) is 8.64. The van der Waals surface area contributed by atoms with E-state index in [1.807, 2.05) is 0 Å². The van der Waals surface area contributed by atoms with E-state index in [-0.39, 0.29) is 18.3 Å². The van der Waals surface area contributed by atoms with Crippen molar-refractivity contribution in [2.75, 3.05) is 0 Å². The number of hydrogen-bond acceptors (Lipinski definition) is 2. The molecule has 0 radical (unpaired) electrons. The standard InChI is InChI=1S/C13H23BO2/c1-11(2)12(3,4)16-14(15-11)13(8-5-9-13)10-6-7-10/h10H,5-9H2,1-4H3. The quantitative estimate of drug-likeness (QED) is 0.666. The van der Waals surface area contributed by atoms with Crippen LogP contribution in [0.4, 0.5) is 0 Å². The highest BCUT2D eigenvalue weighted by atomic mass is 16.7. The van der Waals surface area contributed by atoms with Crippen LogP contribution in [0.3, 0.4) is 0 Å². The topological polar surface area (TPSA) is 18.5 Å². The first-order valence-electron chi connectivity index (χ1n) is 6.73. The molecule has 0 unspecified atom stereocenters. The lowest BCUT2D eigenvalue weighted by atomic mass is 9.44. The van der Waals surface area contributed by atoms with Crippen LogP contribution >= 0.6 is 0 Å². The van der Waals surface area contributed by atoms with Gasteiger partial charge in [-0.15, -0.1) is 0 Å². The van der Waals surface area contributed by atoms with Gasteiger partial charge in [-0.25, -0.2) is 0 Å². The van der Waals surface area contributed by atoms with Gasteiger partial charge in [-0.2, -0.15) is 0 Å². The number of hydrogen-bond donors (Lipinski definition) is 0. The van der Waals surface area contributed by atoms with Crippen LogP contribution in [0.15, 0.2) is 0 Å². The molecular weight excluding hydrogens is 199 g/mol. The Balaban J connectivity index is 1.82. The molecule has 3 fully saturated rings. The van der Waals surface area contributed by atoms with Gasteiger partial charge in [-0.3, -0.25) is 0 Å². The fraction of sp³-hybridized carbons (Fsp3) is 1.00. The maximum absolute atomic E-state index is 6.25. The van der Waals surface area contributed by atoms with E-state index >= 15 is 0 Å². The molecular formula is C13H23BO2. The molecule has 16 heavy (non-hydrogen) atoms. The molecule has 0 aromatic carbocycles. The fourth-order valence-electron chi connectivity index (χ4n) is 3.16. The minimum absolute atomic E-state index is 0.0544. The third-order valence-corrected chi connectivity index (χ3v) is 5.40. The van der Waals surface area contributed by atoms with Gasteiger partial charge in [0.2, 0.25) is 0 Å². The molecule has 0 amide bonds. The third kappa shape index (κ3) is 1.34. The van der Waals surface area contributed by atoms with Crippen LogP contribution in [0.25, 0.3) is 0 Å². The highest BCUT2D eigenvalue weighted by Gasteiger charge is 2.65. The smallest absolute Gasteiger partial charge is 0.403 e. The van der Waals surface area contributed by atoms with Gasteiger partial charge < -0.3 is 9.31 Å². The second-order valence-corrected chi connectivity index (χ2v) is 6.95. The summed E-state index contributed by atoms with van der Waals surface area (Å²) in [5.74, 6) is 0.885. The van der Waals surface area contributed by atoms with E-state index in [1.165, 1.54) is 32.1 Å². The van der Waals surface area contributed by atoms with E-state index in [4.69, 9.17) is 9.31 Å². The van der Waals surface area contributed by atoms with Crippen LogP contribution in [-0.2, 0) is 9.31 Å². The maximum Gasteiger partial charge on any atom is 0.464 e. The van der Waals surface area contributed by atoms with Gasteiger partial charge in [-0.1, -0.05) is 19.3 Å². The molecule has 0 bridgehead atoms. The molecule has 1 saturated heterocycles. The van der Waals surface area contributed by atoms with Crippen molar-refractivity contribution < 1.29 is 9.31 Å². The molecule has 3 rings (SSSR count). The minimum Gasteiger partial charge on any atom is -0.403 e. The molecule has 2 nitrogen and oxygen atoms in total. The molecule has 90 valence electrons. The van der Waals surface area contributed by atoms with Crippen LogP contribution in [0.2, 0.25) is 5.31 Å². The molecule has 0 N–H and O–H groups in total. The van der Waals surface area contributed by atoms with Crippen LogP contribution in [0.1, 0.15) is 59.8 Å². The van der Waals surface area contributed by atoms with Crippen molar-refractivity contribution in [3.8, 4) is 0 Å². The SMILES string of the molecule is CC1(C)OB(C2(C3CC3)CCC2)OC1(C)C. The van der Waals surface area contributed by atoms with E-state index in [2.05, 4.69) is 27.7 Å². The van der Waals surface area contributed by atoms with Crippen LogP contribution in [-0.4, -0.2) is 18.3 Å². The van der Waals surface area contributed by atoms with E-state index in [0.717, 1.165) is 5.92 Å². The monoisotopic (exact) mass is 222 g/mol. The van der Waals surface area contributed by atoms with E-state index < -0.39 is 0 Å². The minimum atomic E-state index is -0.158. The molecule has 2 aliphatic carbocycles. The Morgan fingerprint density at radius 2 is 1.44 bits per heavy atom. The average molecular weight is 222 g/mol. The lowest BCUT2D eigenvalue weighted by molar-refractivity contribution is 0.00578. The molecule has 0 spiro atoms. The van der Waals surface area contributed by atoms with Gasteiger partial charge in [0.05, 0.1) is 11.2 Å². The Kier molecular flexibility index (Phi) is 2.12. The third-order valence-electron chi connectivity index (χ3n) is 5.40. The molecule has 0 aromatic heterocycles.